The molecule has 6 atom stereocenters. The molecule has 0 unspecified atom stereocenters. The normalized spacial score (nSPS) is 17.5. The number of hydrogen-bond donors (Lipinski definition) is 9. The zero-order valence-electron chi connectivity index (χ0n) is 32.4. The molecule has 55 heavy (non-hydrogen) atoms. The first-order chi connectivity index (χ1) is 25.6. The molecular formula is C34H59N8O12P. The molecular weight excluding hydrogens is 743 g/mol. The van der Waals surface area contributed by atoms with Crippen LogP contribution in [0.15, 0.2) is 12.5 Å². The van der Waals surface area contributed by atoms with Crippen molar-refractivity contribution in [3.63, 3.8) is 0 Å². The maximum atomic E-state index is 13.8. The van der Waals surface area contributed by atoms with Crippen molar-refractivity contribution >= 4 is 43.0 Å². The van der Waals surface area contributed by atoms with Crippen molar-refractivity contribution in [1.29, 1.82) is 0 Å². The summed E-state index contributed by atoms with van der Waals surface area (Å²) in [6.45, 7) is 11.0. The van der Waals surface area contributed by atoms with Gasteiger partial charge in [-0.25, -0.2) is 4.98 Å². The van der Waals surface area contributed by atoms with E-state index in [0.717, 1.165) is 0 Å². The Hall–Kier alpha value is -3.94. The van der Waals surface area contributed by atoms with E-state index < -0.39 is 86.0 Å². The van der Waals surface area contributed by atoms with Crippen molar-refractivity contribution in [2.45, 2.75) is 109 Å². The Morgan fingerprint density at radius 3 is 2.18 bits per heavy atom. The third-order valence-corrected chi connectivity index (χ3v) is 9.62. The zero-order valence-corrected chi connectivity index (χ0v) is 33.3. The Bertz CT molecular complexity index is 1480. The van der Waals surface area contributed by atoms with E-state index in [1.165, 1.54) is 24.3 Å². The molecule has 1 fully saturated rings. The predicted octanol–water partition coefficient (Wildman–Crippen LogP) is -1.56. The minimum absolute atomic E-state index is 0.0576. The molecule has 10 N–H and O–H groups in total. The summed E-state index contributed by atoms with van der Waals surface area (Å²) in [6, 6.07) is -6.54. The number of carbonyl (C=O) groups is 6. The molecule has 1 aliphatic rings. The summed E-state index contributed by atoms with van der Waals surface area (Å²) in [7, 11) is -4.60. The minimum Gasteiger partial charge on any atom is -0.394 e. The molecule has 0 aliphatic carbocycles. The summed E-state index contributed by atoms with van der Waals surface area (Å²) >= 11 is 0. The van der Waals surface area contributed by atoms with Crippen molar-refractivity contribution < 1.29 is 57.7 Å². The number of rotatable bonds is 23. The van der Waals surface area contributed by atoms with Gasteiger partial charge in [-0.05, 0) is 51.9 Å². The van der Waals surface area contributed by atoms with E-state index in [0.29, 0.717) is 38.3 Å². The Labute approximate surface area is 321 Å². The zero-order chi connectivity index (χ0) is 41.5. The first kappa shape index (κ1) is 47.2. The number of nitrogens with zero attached hydrogens (tertiary/aromatic N) is 2. The molecule has 2 heterocycles. The molecule has 0 radical (unpaired) electrons. The third-order valence-electron chi connectivity index (χ3n) is 8.57. The summed E-state index contributed by atoms with van der Waals surface area (Å²) < 4.78 is 22.6. The van der Waals surface area contributed by atoms with Gasteiger partial charge in [-0.3, -0.25) is 33.3 Å². The predicted molar refractivity (Wildman–Crippen MR) is 198 cm³/mol. The molecule has 20 nitrogen and oxygen atoms in total. The van der Waals surface area contributed by atoms with E-state index in [1.807, 2.05) is 34.6 Å². The van der Waals surface area contributed by atoms with Crippen LogP contribution in [0.1, 0.15) is 72.9 Å². The smallest absolute Gasteiger partial charge is 0.325 e. The quantitative estimate of drug-likeness (QED) is 0.0448. The lowest BCUT2D eigenvalue weighted by Crippen LogP contribution is -2.60. The number of nitrogens with two attached hydrogens (primary N) is 1. The molecule has 0 spiro atoms. The van der Waals surface area contributed by atoms with Gasteiger partial charge in [0.1, 0.15) is 30.2 Å². The maximum absolute atomic E-state index is 13.8. The number of aliphatic hydroxyl groups excluding tert-OH is 1. The van der Waals surface area contributed by atoms with Crippen LogP contribution in [-0.4, -0.2) is 140 Å². The van der Waals surface area contributed by atoms with Crippen LogP contribution in [0.25, 0.3) is 0 Å². The molecule has 1 aromatic heterocycles. The van der Waals surface area contributed by atoms with Gasteiger partial charge < -0.3 is 61.3 Å². The number of hydrogen-bond acceptors (Lipinski definition) is 11. The lowest BCUT2D eigenvalue weighted by atomic mass is 10.0. The summed E-state index contributed by atoms with van der Waals surface area (Å²) in [5.74, 6) is -5.83. The van der Waals surface area contributed by atoms with Gasteiger partial charge in [-0.15, -0.1) is 0 Å². The van der Waals surface area contributed by atoms with E-state index >= 15 is 0 Å². The van der Waals surface area contributed by atoms with Crippen LogP contribution < -0.4 is 27.0 Å². The Morgan fingerprint density at radius 1 is 0.982 bits per heavy atom. The van der Waals surface area contributed by atoms with E-state index in [1.54, 1.807) is 0 Å². The second-order valence-electron chi connectivity index (χ2n) is 15.1. The van der Waals surface area contributed by atoms with E-state index in [-0.39, 0.29) is 43.3 Å². The highest BCUT2D eigenvalue weighted by Crippen LogP contribution is 2.37. The maximum Gasteiger partial charge on any atom is 0.325 e. The molecule has 312 valence electrons. The number of aromatic nitrogens is 2. The van der Waals surface area contributed by atoms with Crippen molar-refractivity contribution in [3.05, 3.63) is 18.2 Å². The molecule has 0 bridgehead atoms. The van der Waals surface area contributed by atoms with Crippen LogP contribution in [0.2, 0.25) is 0 Å². The van der Waals surface area contributed by atoms with Gasteiger partial charge in [-0.2, -0.15) is 0 Å². The number of ether oxygens (including phenoxy) is 2. The van der Waals surface area contributed by atoms with E-state index in [9.17, 15) is 48.2 Å². The number of imidazole rings is 1. The van der Waals surface area contributed by atoms with E-state index in [4.69, 9.17) is 15.2 Å². The molecule has 1 saturated heterocycles. The van der Waals surface area contributed by atoms with Crippen LogP contribution in [-0.2, 0) is 49.2 Å². The molecule has 1 aromatic rings. The molecule has 0 saturated carbocycles. The van der Waals surface area contributed by atoms with Gasteiger partial charge in [0.2, 0.25) is 35.4 Å². The molecule has 1 aliphatic heterocycles. The molecule has 6 amide bonds. The van der Waals surface area contributed by atoms with Crippen molar-refractivity contribution in [2.24, 2.45) is 17.6 Å². The minimum atomic E-state index is -4.60. The first-order valence-electron chi connectivity index (χ1n) is 18.3. The van der Waals surface area contributed by atoms with Crippen LogP contribution in [0.5, 0.6) is 0 Å². The summed E-state index contributed by atoms with van der Waals surface area (Å²) in [6.07, 6.45) is 3.03. The van der Waals surface area contributed by atoms with Crippen molar-refractivity contribution in [2.75, 3.05) is 39.1 Å². The average Bonchev–Trinajstić information content (AvgIpc) is 3.78. The Balaban J connectivity index is 2.15. The standard InChI is InChI=1S/C34H59N8O12P/c1-20(2)14-23(39-33(49)26-8-7-10-42(26)27(44)9-11-53-12-13-54-34(4,5)6)30(46)38-24(15-22-16-36-19-37-22)31(47)40-25(17-43)32(48)41-28(29(35)45)21(3)18-55(50,51)52/h16,19-21,23-26,28,43H,7-15,17-18H2,1-6H3,(H2,35,45)(H,36,37)(H,38,46)(H,39,49)(H,40,47)(H,41,48)(H2,50,51,52)/t21-,23-,24-,25-,26-,28-/m0/s1. The third kappa shape index (κ3) is 17.2. The highest BCUT2D eigenvalue weighted by Gasteiger charge is 2.37. The van der Waals surface area contributed by atoms with Gasteiger partial charge >= 0.3 is 7.60 Å². The highest BCUT2D eigenvalue weighted by molar-refractivity contribution is 7.51. The number of nitrogens with one attached hydrogen (secondary N) is 5. The number of carbonyl (C=O) groups excluding carboxylic acids is 6. The summed E-state index contributed by atoms with van der Waals surface area (Å²) in [4.78, 5) is 106. The summed E-state index contributed by atoms with van der Waals surface area (Å²) in [5.41, 5.74) is 5.46. The van der Waals surface area contributed by atoms with Gasteiger partial charge in [0.25, 0.3) is 0 Å². The fourth-order valence-electron chi connectivity index (χ4n) is 5.91. The number of H-pyrrole nitrogens is 1. The fourth-order valence-corrected chi connectivity index (χ4v) is 6.87. The Morgan fingerprint density at radius 2 is 1.62 bits per heavy atom. The van der Waals surface area contributed by atoms with Crippen molar-refractivity contribution in [3.8, 4) is 0 Å². The fraction of sp³-hybridized carbons (Fsp3) is 0.735. The number of aliphatic hydroxyl groups is 1. The van der Waals surface area contributed by atoms with Crippen LogP contribution in [0, 0.1) is 11.8 Å². The van der Waals surface area contributed by atoms with Crippen molar-refractivity contribution in [1.82, 2.24) is 36.1 Å². The number of likely N-dealkylation sites (tertiary alicyclic amines) is 1. The van der Waals surface area contributed by atoms with Crippen LogP contribution >= 0.6 is 7.60 Å². The molecule has 2 rings (SSSR count). The Kier molecular flexibility index (Phi) is 18.9. The van der Waals surface area contributed by atoms with Crippen LogP contribution in [0.4, 0.5) is 0 Å². The molecule has 0 aromatic carbocycles. The summed E-state index contributed by atoms with van der Waals surface area (Å²) in [5, 5.41) is 19.9. The lowest BCUT2D eigenvalue weighted by Gasteiger charge is -2.29. The number of primary amides is 1. The second-order valence-corrected chi connectivity index (χ2v) is 16.8. The van der Waals surface area contributed by atoms with E-state index in [2.05, 4.69) is 31.2 Å². The number of amides is 6. The molecule has 21 heteroatoms. The largest absolute Gasteiger partial charge is 0.394 e. The average molecular weight is 803 g/mol. The second kappa shape index (κ2) is 22.0. The lowest BCUT2D eigenvalue weighted by molar-refractivity contribution is -0.140. The highest BCUT2D eigenvalue weighted by atomic mass is 31.2. The monoisotopic (exact) mass is 802 g/mol. The van der Waals surface area contributed by atoms with Crippen LogP contribution in [0.3, 0.4) is 0 Å². The number of aromatic amines is 1. The first-order valence-corrected chi connectivity index (χ1v) is 20.1. The SMILES string of the molecule is CC(C)C[C@H](NC(=O)[C@@H]1CCCN1C(=O)CCOCCOC(C)(C)C)C(=O)N[C@@H](Cc1cnc[nH]1)C(=O)N[C@@H](CO)C(=O)N[C@H](C(N)=O)[C@@H](C)CP(=O)(O)O. The van der Waals surface area contributed by atoms with Gasteiger partial charge in [0, 0.05) is 24.9 Å². The topological polar surface area (TPSA) is 305 Å². The van der Waals surface area contributed by atoms with Gasteiger partial charge in [0.15, 0.2) is 0 Å². The van der Waals surface area contributed by atoms with Gasteiger partial charge in [0.05, 0.1) is 50.9 Å². The van der Waals surface area contributed by atoms with Gasteiger partial charge in [-0.1, -0.05) is 20.8 Å².